The SMILES string of the molecule is C=CCn1c(SCCC(=O)Nc2ccc(S(N)(=O)=O)cc2)nc2scc(-c3ccc(F)cc3)c2c1=O. The number of halogens is 1. The van der Waals surface area contributed by atoms with E-state index in [0.717, 1.165) is 5.56 Å². The maximum absolute atomic E-state index is 13.4. The van der Waals surface area contributed by atoms with Gasteiger partial charge < -0.3 is 5.32 Å². The van der Waals surface area contributed by atoms with Crippen LogP contribution in [0.4, 0.5) is 10.1 Å². The summed E-state index contributed by atoms with van der Waals surface area (Å²) >= 11 is 2.60. The van der Waals surface area contributed by atoms with Crippen molar-refractivity contribution in [1.29, 1.82) is 0 Å². The molecule has 2 heterocycles. The number of nitrogens with one attached hydrogen (secondary N) is 1. The fraction of sp³-hybridized carbons (Fsp3) is 0.125. The molecule has 0 spiro atoms. The highest BCUT2D eigenvalue weighted by Gasteiger charge is 2.17. The lowest BCUT2D eigenvalue weighted by Gasteiger charge is -2.11. The zero-order chi connectivity index (χ0) is 25.9. The van der Waals surface area contributed by atoms with Crippen LogP contribution in [-0.4, -0.2) is 29.6 Å². The van der Waals surface area contributed by atoms with E-state index >= 15 is 0 Å². The standard InChI is InChI=1S/C24H21FN4O4S3/c1-2-12-29-23(31)21-19(15-3-5-16(25)6-4-15)14-35-22(21)28-24(29)34-13-11-20(30)27-17-7-9-18(10-8-17)36(26,32)33/h2-10,14H,1,11-13H2,(H,27,30)(H2,26,32,33). The summed E-state index contributed by atoms with van der Waals surface area (Å²) in [6.07, 6.45) is 1.73. The molecule has 2 aromatic carbocycles. The molecule has 0 aliphatic rings. The Morgan fingerprint density at radius 2 is 1.89 bits per heavy atom. The van der Waals surface area contributed by atoms with Crippen LogP contribution in [0.5, 0.6) is 0 Å². The second kappa shape index (κ2) is 10.7. The fourth-order valence-corrected chi connectivity index (χ4v) is 5.88. The predicted molar refractivity (Wildman–Crippen MR) is 141 cm³/mol. The molecule has 0 bridgehead atoms. The van der Waals surface area contributed by atoms with Crippen molar-refractivity contribution in [2.45, 2.75) is 23.0 Å². The number of hydrogen-bond donors (Lipinski definition) is 2. The molecule has 0 saturated carbocycles. The molecule has 1 amide bonds. The number of primary sulfonamides is 1. The number of nitrogens with two attached hydrogens (primary N) is 1. The summed E-state index contributed by atoms with van der Waals surface area (Å²) in [6, 6.07) is 11.5. The van der Waals surface area contributed by atoms with E-state index in [-0.39, 0.29) is 35.1 Å². The number of allylic oxidation sites excluding steroid dienone is 1. The summed E-state index contributed by atoms with van der Waals surface area (Å²) in [6.45, 7) is 3.97. The second-order valence-electron chi connectivity index (χ2n) is 7.65. The van der Waals surface area contributed by atoms with E-state index in [1.54, 1.807) is 18.2 Å². The van der Waals surface area contributed by atoms with Crippen molar-refractivity contribution in [3.05, 3.63) is 82.7 Å². The van der Waals surface area contributed by atoms with Gasteiger partial charge in [0.2, 0.25) is 15.9 Å². The van der Waals surface area contributed by atoms with Crippen molar-refractivity contribution in [2.24, 2.45) is 5.14 Å². The fourth-order valence-electron chi connectivity index (χ4n) is 3.43. The highest BCUT2D eigenvalue weighted by Crippen LogP contribution is 2.32. The van der Waals surface area contributed by atoms with Gasteiger partial charge in [-0.3, -0.25) is 14.2 Å². The van der Waals surface area contributed by atoms with Crippen LogP contribution in [-0.2, 0) is 21.4 Å². The zero-order valence-corrected chi connectivity index (χ0v) is 21.3. The highest BCUT2D eigenvalue weighted by atomic mass is 32.2. The molecule has 0 radical (unpaired) electrons. The smallest absolute Gasteiger partial charge is 0.263 e. The van der Waals surface area contributed by atoms with Gasteiger partial charge in [0.05, 0.1) is 10.3 Å². The average molecular weight is 545 g/mol. The Morgan fingerprint density at radius 1 is 1.19 bits per heavy atom. The number of carbonyl (C=O) groups is 1. The van der Waals surface area contributed by atoms with Crippen LogP contribution in [0.25, 0.3) is 21.3 Å². The van der Waals surface area contributed by atoms with Gasteiger partial charge in [-0.1, -0.05) is 30.0 Å². The third-order valence-corrected chi connectivity index (χ3v) is 7.93. The Morgan fingerprint density at radius 3 is 2.53 bits per heavy atom. The summed E-state index contributed by atoms with van der Waals surface area (Å²) in [5.74, 6) is -0.283. The first-order valence-corrected chi connectivity index (χ1v) is 14.0. The minimum absolute atomic E-state index is 0.0473. The zero-order valence-electron chi connectivity index (χ0n) is 18.8. The third-order valence-electron chi connectivity index (χ3n) is 5.15. The van der Waals surface area contributed by atoms with Gasteiger partial charge in [0.15, 0.2) is 5.16 Å². The Balaban J connectivity index is 1.50. The molecule has 2 aromatic heterocycles. The lowest BCUT2D eigenvalue weighted by atomic mass is 10.1. The molecular formula is C24H21FN4O4S3. The number of carbonyl (C=O) groups excluding carboxylic acids is 1. The van der Waals surface area contributed by atoms with Crippen molar-refractivity contribution in [3.63, 3.8) is 0 Å². The monoisotopic (exact) mass is 544 g/mol. The molecule has 0 aliphatic carbocycles. The highest BCUT2D eigenvalue weighted by molar-refractivity contribution is 7.99. The van der Waals surface area contributed by atoms with Gasteiger partial charge >= 0.3 is 0 Å². The van der Waals surface area contributed by atoms with Crippen LogP contribution in [0.1, 0.15) is 6.42 Å². The van der Waals surface area contributed by atoms with Crippen LogP contribution in [0.3, 0.4) is 0 Å². The molecule has 0 aliphatic heterocycles. The van der Waals surface area contributed by atoms with Crippen LogP contribution >= 0.6 is 23.1 Å². The van der Waals surface area contributed by atoms with Crippen molar-refractivity contribution in [2.75, 3.05) is 11.1 Å². The molecule has 4 aromatic rings. The molecule has 0 atom stereocenters. The lowest BCUT2D eigenvalue weighted by Crippen LogP contribution is -2.23. The van der Waals surface area contributed by atoms with Crippen LogP contribution in [0.2, 0.25) is 0 Å². The molecular weight excluding hydrogens is 523 g/mol. The molecule has 186 valence electrons. The number of amides is 1. The van der Waals surface area contributed by atoms with Crippen LogP contribution in [0, 0.1) is 5.82 Å². The first kappa shape index (κ1) is 25.8. The first-order valence-electron chi connectivity index (χ1n) is 10.6. The number of hydrogen-bond acceptors (Lipinski definition) is 7. The van der Waals surface area contributed by atoms with Gasteiger partial charge in [0, 0.05) is 35.3 Å². The number of thioether (sulfide) groups is 1. The number of thiophene rings is 1. The number of sulfonamides is 1. The summed E-state index contributed by atoms with van der Waals surface area (Å²) in [5.41, 5.74) is 1.62. The quantitative estimate of drug-likeness (QED) is 0.185. The van der Waals surface area contributed by atoms with Gasteiger partial charge in [-0.15, -0.1) is 17.9 Å². The van der Waals surface area contributed by atoms with Gasteiger partial charge in [-0.05, 0) is 42.0 Å². The number of fused-ring (bicyclic) bond motifs is 1. The van der Waals surface area contributed by atoms with Crippen molar-refractivity contribution < 1.29 is 17.6 Å². The van der Waals surface area contributed by atoms with Crippen LogP contribution in [0.15, 0.2) is 81.4 Å². The molecule has 3 N–H and O–H groups in total. The Labute approximate surface area is 214 Å². The van der Waals surface area contributed by atoms with Gasteiger partial charge in [0.25, 0.3) is 5.56 Å². The Bertz CT molecular complexity index is 1600. The van der Waals surface area contributed by atoms with Crippen molar-refractivity contribution in [3.8, 4) is 11.1 Å². The molecule has 0 saturated heterocycles. The largest absolute Gasteiger partial charge is 0.326 e. The Hall–Kier alpha value is -3.32. The van der Waals surface area contributed by atoms with Crippen molar-refractivity contribution >= 4 is 54.9 Å². The maximum Gasteiger partial charge on any atom is 0.263 e. The summed E-state index contributed by atoms with van der Waals surface area (Å²) in [4.78, 5) is 30.9. The maximum atomic E-state index is 13.4. The van der Waals surface area contributed by atoms with E-state index < -0.39 is 10.0 Å². The third kappa shape index (κ3) is 5.73. The van der Waals surface area contributed by atoms with Gasteiger partial charge in [0.1, 0.15) is 10.6 Å². The van der Waals surface area contributed by atoms with E-state index in [1.807, 2.05) is 5.38 Å². The minimum Gasteiger partial charge on any atom is -0.326 e. The number of rotatable bonds is 9. The predicted octanol–water partition coefficient (Wildman–Crippen LogP) is 4.22. The van der Waals surface area contributed by atoms with Crippen LogP contribution < -0.4 is 16.0 Å². The Kier molecular flexibility index (Phi) is 7.69. The summed E-state index contributed by atoms with van der Waals surface area (Å²) in [7, 11) is -3.81. The normalized spacial score (nSPS) is 11.5. The molecule has 0 fully saturated rings. The number of aromatic nitrogens is 2. The second-order valence-corrected chi connectivity index (χ2v) is 11.1. The molecule has 36 heavy (non-hydrogen) atoms. The average Bonchev–Trinajstić information content (AvgIpc) is 3.26. The van der Waals surface area contributed by atoms with Crippen molar-refractivity contribution in [1.82, 2.24) is 9.55 Å². The van der Waals surface area contributed by atoms with Gasteiger partial charge in [-0.2, -0.15) is 0 Å². The number of anilines is 1. The van der Waals surface area contributed by atoms with E-state index in [9.17, 15) is 22.4 Å². The summed E-state index contributed by atoms with van der Waals surface area (Å²) < 4.78 is 37.5. The number of benzene rings is 2. The number of nitrogens with zero attached hydrogens (tertiary/aromatic N) is 2. The van der Waals surface area contributed by atoms with E-state index in [0.29, 0.717) is 32.4 Å². The lowest BCUT2D eigenvalue weighted by molar-refractivity contribution is -0.115. The van der Waals surface area contributed by atoms with E-state index in [2.05, 4.69) is 16.9 Å². The molecule has 8 nitrogen and oxygen atoms in total. The topological polar surface area (TPSA) is 124 Å². The van der Waals surface area contributed by atoms with Gasteiger partial charge in [-0.25, -0.2) is 22.9 Å². The first-order chi connectivity index (χ1) is 17.2. The molecule has 12 heteroatoms. The molecule has 4 rings (SSSR count). The molecule has 0 unspecified atom stereocenters. The summed E-state index contributed by atoms with van der Waals surface area (Å²) in [5, 5.41) is 10.5. The van der Waals surface area contributed by atoms with E-state index in [1.165, 1.54) is 64.1 Å². The van der Waals surface area contributed by atoms with E-state index in [4.69, 9.17) is 5.14 Å². The minimum atomic E-state index is -3.81.